The highest BCUT2D eigenvalue weighted by Crippen LogP contribution is 2.32. The van der Waals surface area contributed by atoms with Gasteiger partial charge in [-0.2, -0.15) is 0 Å². The lowest BCUT2D eigenvalue weighted by Crippen LogP contribution is -2.30. The van der Waals surface area contributed by atoms with Crippen molar-refractivity contribution >= 4 is 34.8 Å². The predicted molar refractivity (Wildman–Crippen MR) is 110 cm³/mol. The molecule has 6 heteroatoms. The molecular formula is C21H25ClN2O3. The summed E-state index contributed by atoms with van der Waals surface area (Å²) >= 11 is 6.06. The highest BCUT2D eigenvalue weighted by atomic mass is 35.5. The van der Waals surface area contributed by atoms with E-state index in [2.05, 4.69) is 38.3 Å². The van der Waals surface area contributed by atoms with Crippen molar-refractivity contribution in [1.29, 1.82) is 0 Å². The predicted octanol–water partition coefficient (Wildman–Crippen LogP) is 5.17. The Morgan fingerprint density at radius 3 is 1.96 bits per heavy atom. The third kappa shape index (κ3) is 5.01. The molecule has 0 saturated carbocycles. The number of methoxy groups -OCH3 is 1. The van der Waals surface area contributed by atoms with E-state index in [1.807, 2.05) is 18.2 Å². The number of carbonyl (C=O) groups is 2. The third-order valence-corrected chi connectivity index (χ3v) is 4.52. The van der Waals surface area contributed by atoms with Crippen molar-refractivity contribution in [3.05, 3.63) is 52.5 Å². The summed E-state index contributed by atoms with van der Waals surface area (Å²) in [5.41, 5.74) is 3.11. The fourth-order valence-corrected chi connectivity index (χ4v) is 3.06. The van der Waals surface area contributed by atoms with E-state index < -0.39 is 11.8 Å². The number of hydrogen-bond acceptors (Lipinski definition) is 3. The first-order valence-corrected chi connectivity index (χ1v) is 9.21. The fourth-order valence-electron chi connectivity index (χ4n) is 2.80. The second kappa shape index (κ2) is 8.91. The van der Waals surface area contributed by atoms with Gasteiger partial charge in [-0.25, -0.2) is 0 Å². The molecule has 0 bridgehead atoms. The molecule has 27 heavy (non-hydrogen) atoms. The van der Waals surface area contributed by atoms with Gasteiger partial charge in [-0.1, -0.05) is 57.5 Å². The quantitative estimate of drug-likeness (QED) is 0.694. The number of benzene rings is 2. The topological polar surface area (TPSA) is 67.4 Å². The maximum atomic E-state index is 12.5. The van der Waals surface area contributed by atoms with Gasteiger partial charge in [-0.3, -0.25) is 9.59 Å². The van der Waals surface area contributed by atoms with Crippen LogP contribution in [0.4, 0.5) is 11.4 Å². The van der Waals surface area contributed by atoms with Crippen LogP contribution in [0.25, 0.3) is 0 Å². The minimum Gasteiger partial charge on any atom is -0.495 e. The van der Waals surface area contributed by atoms with Crippen molar-refractivity contribution in [2.45, 2.75) is 39.5 Å². The summed E-state index contributed by atoms with van der Waals surface area (Å²) in [6.07, 6.45) is 0. The maximum Gasteiger partial charge on any atom is 0.314 e. The monoisotopic (exact) mass is 388 g/mol. The van der Waals surface area contributed by atoms with Crippen LogP contribution in [0.3, 0.4) is 0 Å². The van der Waals surface area contributed by atoms with Gasteiger partial charge in [0.05, 0.1) is 12.1 Å². The summed E-state index contributed by atoms with van der Waals surface area (Å²) in [5.74, 6) is -0.571. The van der Waals surface area contributed by atoms with Crippen molar-refractivity contribution in [1.82, 2.24) is 0 Å². The van der Waals surface area contributed by atoms with E-state index >= 15 is 0 Å². The molecule has 2 N–H and O–H groups in total. The van der Waals surface area contributed by atoms with Crippen LogP contribution in [0.5, 0.6) is 5.75 Å². The van der Waals surface area contributed by atoms with Crippen molar-refractivity contribution < 1.29 is 14.3 Å². The molecule has 0 aliphatic rings. The normalized spacial score (nSPS) is 10.8. The zero-order chi connectivity index (χ0) is 20.1. The van der Waals surface area contributed by atoms with Crippen LogP contribution in [0.2, 0.25) is 5.02 Å². The molecule has 0 fully saturated rings. The molecule has 0 aromatic heterocycles. The third-order valence-electron chi connectivity index (χ3n) is 4.23. The lowest BCUT2D eigenvalue weighted by atomic mass is 9.92. The van der Waals surface area contributed by atoms with Crippen molar-refractivity contribution in [3.8, 4) is 5.75 Å². The molecule has 0 atom stereocenters. The number of para-hydroxylation sites is 1. The van der Waals surface area contributed by atoms with Crippen LogP contribution in [0, 0.1) is 0 Å². The van der Waals surface area contributed by atoms with Gasteiger partial charge in [0.25, 0.3) is 0 Å². The van der Waals surface area contributed by atoms with E-state index in [-0.39, 0.29) is 11.8 Å². The van der Waals surface area contributed by atoms with Crippen molar-refractivity contribution in [3.63, 3.8) is 0 Å². The number of amides is 2. The molecule has 0 radical (unpaired) electrons. The van der Waals surface area contributed by atoms with E-state index in [9.17, 15) is 9.59 Å². The fraction of sp³-hybridized carbons (Fsp3) is 0.333. The summed E-state index contributed by atoms with van der Waals surface area (Å²) in [7, 11) is 1.51. The molecule has 144 valence electrons. The molecule has 0 saturated heterocycles. The van der Waals surface area contributed by atoms with Gasteiger partial charge in [0.15, 0.2) is 0 Å². The first-order valence-electron chi connectivity index (χ1n) is 8.83. The Balaban J connectivity index is 2.22. The summed E-state index contributed by atoms with van der Waals surface area (Å²) in [5, 5.41) is 5.70. The molecule has 0 heterocycles. The standard InChI is InChI=1S/C21H25ClN2O3/c1-12(2)15-7-6-8-16(13(3)4)19(15)24-21(26)20(25)23-14-9-10-18(27-5)17(22)11-14/h6-13H,1-5H3,(H,23,25)(H,24,26). The van der Waals surface area contributed by atoms with Gasteiger partial charge in [-0.15, -0.1) is 0 Å². The smallest absolute Gasteiger partial charge is 0.314 e. The van der Waals surface area contributed by atoms with Crippen LogP contribution in [-0.2, 0) is 9.59 Å². The Hall–Kier alpha value is -2.53. The van der Waals surface area contributed by atoms with Gasteiger partial charge in [0.1, 0.15) is 5.75 Å². The summed E-state index contributed by atoms with van der Waals surface area (Å²) < 4.78 is 5.08. The molecule has 0 spiro atoms. The van der Waals surface area contributed by atoms with Crippen LogP contribution in [0.1, 0.15) is 50.7 Å². The highest BCUT2D eigenvalue weighted by Gasteiger charge is 2.20. The Morgan fingerprint density at radius 2 is 1.48 bits per heavy atom. The first-order chi connectivity index (χ1) is 12.7. The average molecular weight is 389 g/mol. The van der Waals surface area contributed by atoms with E-state index in [4.69, 9.17) is 16.3 Å². The Kier molecular flexibility index (Phi) is 6.86. The van der Waals surface area contributed by atoms with Gasteiger partial charge in [0, 0.05) is 11.4 Å². The molecule has 0 aliphatic heterocycles. The summed E-state index contributed by atoms with van der Waals surface area (Å²) in [6, 6.07) is 10.7. The number of nitrogens with one attached hydrogen (secondary N) is 2. The maximum absolute atomic E-state index is 12.5. The summed E-state index contributed by atoms with van der Waals surface area (Å²) in [4.78, 5) is 24.8. The zero-order valence-corrected chi connectivity index (χ0v) is 17.0. The average Bonchev–Trinajstić information content (AvgIpc) is 2.61. The zero-order valence-electron chi connectivity index (χ0n) is 16.2. The van der Waals surface area contributed by atoms with Crippen LogP contribution < -0.4 is 15.4 Å². The SMILES string of the molecule is COc1ccc(NC(=O)C(=O)Nc2c(C(C)C)cccc2C(C)C)cc1Cl. The molecule has 0 unspecified atom stereocenters. The molecule has 0 aliphatic carbocycles. The number of ether oxygens (including phenoxy) is 1. The molecular weight excluding hydrogens is 364 g/mol. The van der Waals surface area contributed by atoms with Crippen molar-refractivity contribution in [2.75, 3.05) is 17.7 Å². The van der Waals surface area contributed by atoms with Crippen molar-refractivity contribution in [2.24, 2.45) is 0 Å². The Bertz CT molecular complexity index is 821. The first kappa shape index (κ1) is 20.8. The number of hydrogen-bond donors (Lipinski definition) is 2. The largest absolute Gasteiger partial charge is 0.495 e. The number of carbonyl (C=O) groups excluding carboxylic acids is 2. The second-order valence-electron chi connectivity index (χ2n) is 6.88. The van der Waals surface area contributed by atoms with E-state index in [0.717, 1.165) is 11.1 Å². The van der Waals surface area contributed by atoms with Gasteiger partial charge >= 0.3 is 11.8 Å². The van der Waals surface area contributed by atoms with Crippen LogP contribution in [-0.4, -0.2) is 18.9 Å². The molecule has 2 aromatic rings. The van der Waals surface area contributed by atoms with Gasteiger partial charge in [0.2, 0.25) is 0 Å². The molecule has 2 rings (SSSR count). The lowest BCUT2D eigenvalue weighted by molar-refractivity contribution is -0.133. The molecule has 5 nitrogen and oxygen atoms in total. The van der Waals surface area contributed by atoms with Gasteiger partial charge in [-0.05, 0) is 41.2 Å². The minimum atomic E-state index is -0.760. The number of halogens is 1. The Labute approximate surface area is 165 Å². The van der Waals surface area contributed by atoms with Crippen LogP contribution in [0.15, 0.2) is 36.4 Å². The number of anilines is 2. The molecule has 2 amide bonds. The highest BCUT2D eigenvalue weighted by molar-refractivity contribution is 6.44. The van der Waals surface area contributed by atoms with Gasteiger partial charge < -0.3 is 15.4 Å². The number of rotatable bonds is 5. The molecule has 2 aromatic carbocycles. The lowest BCUT2D eigenvalue weighted by Gasteiger charge is -2.20. The Morgan fingerprint density at radius 1 is 0.926 bits per heavy atom. The van der Waals surface area contributed by atoms with E-state index in [0.29, 0.717) is 22.1 Å². The summed E-state index contributed by atoms with van der Waals surface area (Å²) in [6.45, 7) is 8.20. The van der Waals surface area contributed by atoms with E-state index in [1.54, 1.807) is 12.1 Å². The minimum absolute atomic E-state index is 0.211. The van der Waals surface area contributed by atoms with E-state index in [1.165, 1.54) is 13.2 Å². The second-order valence-corrected chi connectivity index (χ2v) is 7.29. The van der Waals surface area contributed by atoms with Crippen LogP contribution >= 0.6 is 11.6 Å².